The predicted octanol–water partition coefficient (Wildman–Crippen LogP) is 6.61. The van der Waals surface area contributed by atoms with Crippen LogP contribution in [0.25, 0.3) is 5.65 Å². The summed E-state index contributed by atoms with van der Waals surface area (Å²) in [7, 11) is 6.48. The van der Waals surface area contributed by atoms with Gasteiger partial charge in [0.2, 0.25) is 0 Å². The van der Waals surface area contributed by atoms with Gasteiger partial charge in [-0.2, -0.15) is 4.98 Å². The van der Waals surface area contributed by atoms with Gasteiger partial charge in [0.05, 0.1) is 46.4 Å². The Morgan fingerprint density at radius 3 is 2.04 bits per heavy atom. The second kappa shape index (κ2) is 17.2. The van der Waals surface area contributed by atoms with Gasteiger partial charge in [-0.3, -0.25) is 0 Å². The van der Waals surface area contributed by atoms with Gasteiger partial charge in [-0.05, 0) is 77.1 Å². The molecule has 288 valence electrons. The first-order valence-corrected chi connectivity index (χ1v) is 18.1. The zero-order chi connectivity index (χ0) is 38.3. The number of fused-ring (bicyclic) bond motifs is 1. The van der Waals surface area contributed by atoms with E-state index in [2.05, 4.69) is 11.8 Å². The Morgan fingerprint density at radius 1 is 0.943 bits per heavy atom. The summed E-state index contributed by atoms with van der Waals surface area (Å²) in [6.45, 7) is 11.3. The normalized spacial score (nSPS) is 14.8. The molecule has 1 aliphatic rings. The number of hydrogen-bond donors (Lipinski definition) is 1. The van der Waals surface area contributed by atoms with Crippen LogP contribution in [0, 0.1) is 5.92 Å². The Labute approximate surface area is 311 Å². The minimum absolute atomic E-state index is 0.140. The number of likely N-dealkylation sites (tertiary alicyclic amines) is 1. The molecule has 0 spiro atoms. The van der Waals surface area contributed by atoms with Gasteiger partial charge in [0.15, 0.2) is 11.5 Å². The second-order valence-corrected chi connectivity index (χ2v) is 14.3. The van der Waals surface area contributed by atoms with Crippen molar-refractivity contribution in [2.75, 3.05) is 46.4 Å². The SMILES string of the molecule is CCC[C@H](C)Oc1nc(N(Cc2ccc(OC)cc2OC)Cc2ccc(OC)cc2OC)c2ncc(C(O)C3CCN(C(=O)OC(C)(C)C)CC3)n2n1. The number of carbonyl (C=O) groups excluding carboxylic acids is 1. The molecule has 0 saturated carbocycles. The van der Waals surface area contributed by atoms with Gasteiger partial charge >= 0.3 is 12.1 Å². The van der Waals surface area contributed by atoms with Crippen LogP contribution >= 0.6 is 0 Å². The summed E-state index contributed by atoms with van der Waals surface area (Å²) in [5.41, 5.74) is 2.13. The van der Waals surface area contributed by atoms with Crippen molar-refractivity contribution in [1.82, 2.24) is 24.5 Å². The molecule has 1 unspecified atom stereocenters. The zero-order valence-corrected chi connectivity index (χ0v) is 32.4. The number of benzene rings is 2. The first-order chi connectivity index (χ1) is 25.4. The van der Waals surface area contributed by atoms with Crippen LogP contribution in [0.4, 0.5) is 10.6 Å². The average molecular weight is 735 g/mol. The lowest BCUT2D eigenvalue weighted by molar-refractivity contribution is 0.00686. The van der Waals surface area contributed by atoms with E-state index in [4.69, 9.17) is 43.5 Å². The van der Waals surface area contributed by atoms with Crippen LogP contribution in [0.5, 0.6) is 29.0 Å². The van der Waals surface area contributed by atoms with Gasteiger partial charge in [-0.1, -0.05) is 13.3 Å². The molecule has 14 nitrogen and oxygen atoms in total. The van der Waals surface area contributed by atoms with Crippen LogP contribution in [-0.4, -0.2) is 88.9 Å². The monoisotopic (exact) mass is 734 g/mol. The largest absolute Gasteiger partial charge is 0.497 e. The third-order valence-corrected chi connectivity index (χ3v) is 9.30. The Balaban J connectivity index is 1.57. The van der Waals surface area contributed by atoms with Crippen molar-refractivity contribution in [2.24, 2.45) is 5.92 Å². The van der Waals surface area contributed by atoms with E-state index in [0.29, 0.717) is 79.2 Å². The van der Waals surface area contributed by atoms with Crippen molar-refractivity contribution in [3.63, 3.8) is 0 Å². The summed E-state index contributed by atoms with van der Waals surface area (Å²) in [5, 5.41) is 16.7. The summed E-state index contributed by atoms with van der Waals surface area (Å²) in [6, 6.07) is 11.5. The molecule has 0 aliphatic carbocycles. The fourth-order valence-electron chi connectivity index (χ4n) is 6.52. The summed E-state index contributed by atoms with van der Waals surface area (Å²) in [4.78, 5) is 26.3. The Hall–Kier alpha value is -4.98. The molecule has 2 aromatic carbocycles. The molecule has 2 aromatic heterocycles. The number of nitrogens with zero attached hydrogens (tertiary/aromatic N) is 6. The van der Waals surface area contributed by atoms with Gasteiger partial charge in [0.25, 0.3) is 0 Å². The number of imidazole rings is 1. The third kappa shape index (κ3) is 9.53. The van der Waals surface area contributed by atoms with Gasteiger partial charge in [0.1, 0.15) is 34.7 Å². The smallest absolute Gasteiger partial charge is 0.410 e. The molecule has 5 rings (SSSR count). The van der Waals surface area contributed by atoms with Gasteiger partial charge in [0, 0.05) is 49.4 Å². The number of aromatic nitrogens is 4. The molecule has 2 atom stereocenters. The van der Waals surface area contributed by atoms with E-state index in [1.165, 1.54) is 0 Å². The number of rotatable bonds is 15. The molecule has 1 amide bonds. The number of methoxy groups -OCH3 is 4. The van der Waals surface area contributed by atoms with Crippen molar-refractivity contribution in [3.8, 4) is 29.0 Å². The maximum Gasteiger partial charge on any atom is 0.410 e. The van der Waals surface area contributed by atoms with Crippen LogP contribution in [0.2, 0.25) is 0 Å². The molecular formula is C39H54N6O8. The fourth-order valence-corrected chi connectivity index (χ4v) is 6.52. The minimum Gasteiger partial charge on any atom is -0.497 e. The zero-order valence-electron chi connectivity index (χ0n) is 32.4. The van der Waals surface area contributed by atoms with Crippen LogP contribution in [0.1, 0.15) is 83.2 Å². The van der Waals surface area contributed by atoms with Gasteiger partial charge in [-0.15, -0.1) is 5.10 Å². The number of amides is 1. The Bertz CT molecular complexity index is 1780. The first-order valence-electron chi connectivity index (χ1n) is 18.1. The maximum absolute atomic E-state index is 12.7. The summed E-state index contributed by atoms with van der Waals surface area (Å²) in [5.74, 6) is 2.98. The lowest BCUT2D eigenvalue weighted by Gasteiger charge is -2.35. The molecule has 1 aliphatic heterocycles. The Kier molecular flexibility index (Phi) is 12.8. The molecule has 0 radical (unpaired) electrons. The highest BCUT2D eigenvalue weighted by Crippen LogP contribution is 2.36. The minimum atomic E-state index is -0.911. The second-order valence-electron chi connectivity index (χ2n) is 14.3. The molecule has 14 heteroatoms. The quantitative estimate of drug-likeness (QED) is 0.140. The Morgan fingerprint density at radius 2 is 1.53 bits per heavy atom. The highest BCUT2D eigenvalue weighted by Gasteiger charge is 2.33. The van der Waals surface area contributed by atoms with E-state index < -0.39 is 11.7 Å². The highest BCUT2D eigenvalue weighted by atomic mass is 16.6. The highest BCUT2D eigenvalue weighted by molar-refractivity contribution is 5.68. The summed E-state index contributed by atoms with van der Waals surface area (Å²) < 4.78 is 36.1. The van der Waals surface area contributed by atoms with Crippen LogP contribution < -0.4 is 28.6 Å². The van der Waals surface area contributed by atoms with E-state index in [1.807, 2.05) is 64.1 Å². The van der Waals surface area contributed by atoms with Crippen molar-refractivity contribution >= 4 is 17.6 Å². The van der Waals surface area contributed by atoms with E-state index in [1.54, 1.807) is 44.1 Å². The molecule has 53 heavy (non-hydrogen) atoms. The van der Waals surface area contributed by atoms with E-state index in [-0.39, 0.29) is 24.1 Å². The number of hydrogen-bond acceptors (Lipinski definition) is 12. The molecule has 1 saturated heterocycles. The van der Waals surface area contributed by atoms with Crippen LogP contribution in [-0.2, 0) is 17.8 Å². The number of aliphatic hydroxyl groups excluding tert-OH is 1. The van der Waals surface area contributed by atoms with Gasteiger partial charge < -0.3 is 43.3 Å². The third-order valence-electron chi connectivity index (χ3n) is 9.30. The summed E-state index contributed by atoms with van der Waals surface area (Å²) >= 11 is 0. The number of anilines is 1. The molecule has 0 bridgehead atoms. The van der Waals surface area contributed by atoms with Crippen molar-refractivity contribution < 1.29 is 38.3 Å². The molecule has 1 fully saturated rings. The number of carbonyl (C=O) groups is 1. The summed E-state index contributed by atoms with van der Waals surface area (Å²) in [6.07, 6.45) is 3.14. The van der Waals surface area contributed by atoms with Crippen molar-refractivity contribution in [2.45, 2.75) is 91.2 Å². The van der Waals surface area contributed by atoms with E-state index in [0.717, 1.165) is 24.0 Å². The van der Waals surface area contributed by atoms with Crippen LogP contribution in [0.3, 0.4) is 0 Å². The predicted molar refractivity (Wildman–Crippen MR) is 200 cm³/mol. The van der Waals surface area contributed by atoms with Crippen LogP contribution in [0.15, 0.2) is 42.6 Å². The maximum atomic E-state index is 12.7. The number of piperidine rings is 1. The lowest BCUT2D eigenvalue weighted by atomic mass is 9.90. The molecule has 3 heterocycles. The average Bonchev–Trinajstić information content (AvgIpc) is 3.57. The van der Waals surface area contributed by atoms with Crippen molar-refractivity contribution in [3.05, 3.63) is 59.4 Å². The lowest BCUT2D eigenvalue weighted by Crippen LogP contribution is -2.42. The molecular weight excluding hydrogens is 680 g/mol. The van der Waals surface area contributed by atoms with Crippen molar-refractivity contribution in [1.29, 1.82) is 0 Å². The fraction of sp³-hybridized carbons (Fsp3) is 0.538. The first kappa shape index (κ1) is 39.2. The van der Waals surface area contributed by atoms with E-state index >= 15 is 0 Å². The van der Waals surface area contributed by atoms with Gasteiger partial charge in [-0.25, -0.2) is 14.3 Å². The van der Waals surface area contributed by atoms with E-state index in [9.17, 15) is 9.90 Å². The number of ether oxygens (including phenoxy) is 6. The molecule has 4 aromatic rings. The standard InChI is InChI=1S/C39H54N6O8/c1-10-11-25(2)52-37-41-36(35-40-22-31(45(35)42-37)34(46)26-16-18-43(19-17-26)38(47)53-39(3,4)5)44(23-27-12-14-29(48-6)20-32(27)50-8)24-28-13-15-30(49-7)21-33(28)51-9/h12-15,20-22,25-26,34,46H,10-11,16-19,23-24H2,1-9H3/t25-,34?/m0/s1. The topological polar surface area (TPSA) is 142 Å². The number of aliphatic hydroxyl groups is 1. The molecule has 1 N–H and O–H groups in total.